The molecule has 16 heteroatoms. The fraction of sp³-hybridized carbons (Fsp3) is 0.739. The molecule has 3 atom stereocenters. The van der Waals surface area contributed by atoms with Crippen LogP contribution in [0, 0.1) is 58.6 Å². The zero-order valence-electron chi connectivity index (χ0n) is 54.7. The summed E-state index contributed by atoms with van der Waals surface area (Å²) in [5.41, 5.74) is 6.18. The molecule has 3 rings (SSSR count). The molecule has 0 aliphatic carbocycles. The quantitative estimate of drug-likeness (QED) is 0.0381. The molecule has 487 valence electrons. The summed E-state index contributed by atoms with van der Waals surface area (Å²) in [5.74, 6) is 2.08. The van der Waals surface area contributed by atoms with E-state index >= 15 is 0 Å². The predicted molar refractivity (Wildman–Crippen MR) is 340 cm³/mol. The topological polar surface area (TPSA) is 217 Å². The first-order valence-corrected chi connectivity index (χ1v) is 38.1. The van der Waals surface area contributed by atoms with E-state index < -0.39 is 23.5 Å². The molecular formula is C69H117NdO12P3-3. The first-order chi connectivity index (χ1) is 40.2. The average molecular weight is 1380 g/mol. The summed E-state index contributed by atoms with van der Waals surface area (Å²) in [6.45, 7) is 19.7. The first kappa shape index (κ1) is 83.9. The fourth-order valence-corrected chi connectivity index (χ4v) is 12.4. The number of phosphoric ester groups is 3. The van der Waals surface area contributed by atoms with E-state index in [9.17, 15) is 43.1 Å². The van der Waals surface area contributed by atoms with Gasteiger partial charge in [0.25, 0.3) is 0 Å². The van der Waals surface area contributed by atoms with E-state index in [0.29, 0.717) is 17.8 Å². The molecule has 0 fully saturated rings. The Hall–Kier alpha value is -1.14. The van der Waals surface area contributed by atoms with Gasteiger partial charge in [0.1, 0.15) is 40.7 Å². The minimum atomic E-state index is -5.04. The second-order valence-corrected chi connectivity index (χ2v) is 27.1. The van der Waals surface area contributed by atoms with Crippen LogP contribution in [0.5, 0.6) is 17.2 Å². The van der Waals surface area contributed by atoms with Crippen LogP contribution >= 0.6 is 23.5 Å². The molecule has 0 heterocycles. The van der Waals surface area contributed by atoms with E-state index in [2.05, 4.69) is 80.5 Å². The smallest absolute Gasteiger partial charge is 0.780 e. The van der Waals surface area contributed by atoms with Crippen molar-refractivity contribution in [3.63, 3.8) is 0 Å². The molecule has 3 unspecified atom stereocenters. The molecular weight excluding hydrogens is 1260 g/mol. The molecule has 0 saturated heterocycles. The summed E-state index contributed by atoms with van der Waals surface area (Å²) in [7, 11) is -15.1. The van der Waals surface area contributed by atoms with E-state index in [4.69, 9.17) is 13.6 Å². The Morgan fingerprint density at radius 2 is 0.529 bits per heavy atom. The van der Waals surface area contributed by atoms with Crippen LogP contribution in [-0.4, -0.2) is 0 Å². The maximum atomic E-state index is 11.1. The minimum absolute atomic E-state index is 0. The summed E-state index contributed by atoms with van der Waals surface area (Å²) in [5, 5.41) is 0. The van der Waals surface area contributed by atoms with Gasteiger partial charge in [0, 0.05) is 0 Å². The van der Waals surface area contributed by atoms with E-state index in [1.54, 1.807) is 18.2 Å². The van der Waals surface area contributed by atoms with Crippen LogP contribution in [0.4, 0.5) is 0 Å². The third kappa shape index (κ3) is 44.9. The number of benzene rings is 3. The number of aryl methyl sites for hydroxylation is 3. The van der Waals surface area contributed by atoms with Crippen molar-refractivity contribution in [1.29, 1.82) is 0 Å². The van der Waals surface area contributed by atoms with Crippen LogP contribution in [0.15, 0.2) is 54.6 Å². The Morgan fingerprint density at radius 3 is 0.729 bits per heavy atom. The van der Waals surface area contributed by atoms with E-state index in [0.717, 1.165) is 152 Å². The van der Waals surface area contributed by atoms with Crippen molar-refractivity contribution in [3.8, 4) is 17.2 Å². The van der Waals surface area contributed by atoms with Crippen LogP contribution in [0.3, 0.4) is 0 Å². The Labute approximate surface area is 552 Å². The summed E-state index contributed by atoms with van der Waals surface area (Å²) >= 11 is 0. The first-order valence-electron chi connectivity index (χ1n) is 33.7. The van der Waals surface area contributed by atoms with Crippen LogP contribution in [0.25, 0.3) is 0 Å². The van der Waals surface area contributed by atoms with Crippen molar-refractivity contribution in [2.45, 2.75) is 313 Å². The number of unbranched alkanes of at least 4 members (excludes halogenated alkanes) is 21. The molecule has 0 aliphatic rings. The summed E-state index contributed by atoms with van der Waals surface area (Å²) < 4.78 is 47.7. The van der Waals surface area contributed by atoms with Gasteiger partial charge in [-0.15, -0.1) is 0 Å². The van der Waals surface area contributed by atoms with Gasteiger partial charge in [-0.1, -0.05) is 291 Å². The standard InChI is InChI=1S/3C23H41O4P.Nd/c3*1-4-7-9-10-11-12-13-15-21-16-17-23(27-28(24,25)26)22(19-21)18-20(6-3)14-8-5-2;/h3*16-17,19-20H,4-15,18H2,1-3H3,(H2,24,25,26);/q;;;+3/p-6. The number of phosphoric acid groups is 3. The van der Waals surface area contributed by atoms with E-state index in [-0.39, 0.29) is 58.1 Å². The number of hydrogen-bond acceptors (Lipinski definition) is 12. The Bertz CT molecular complexity index is 2000. The Morgan fingerprint density at radius 1 is 0.318 bits per heavy atom. The van der Waals surface area contributed by atoms with Gasteiger partial charge in [-0.3, -0.25) is 0 Å². The van der Waals surface area contributed by atoms with Crippen molar-refractivity contribution in [2.75, 3.05) is 0 Å². The molecule has 0 spiro atoms. The molecule has 0 aliphatic heterocycles. The molecule has 85 heavy (non-hydrogen) atoms. The van der Waals surface area contributed by atoms with Crippen LogP contribution in [-0.2, 0) is 52.2 Å². The van der Waals surface area contributed by atoms with Gasteiger partial charge < -0.3 is 56.6 Å². The maximum absolute atomic E-state index is 11.1. The van der Waals surface area contributed by atoms with Crippen molar-refractivity contribution >= 4 is 23.5 Å². The molecule has 3 aromatic rings. The monoisotopic (exact) mass is 1370 g/mol. The SMILES string of the molecule is CCCCCCCCCc1ccc(OP(=O)([O-])[O-])c(CC(CC)CCCC)c1.CCCCCCCCCc1ccc(OP(=O)([O-])[O-])c(CC(CC)CCCC)c1.CCCCCCCCCc1ccc(OP(=O)([O-])[O-])c(CC(CC)CCCC)c1.[Nd+3]. The molecule has 1 radical (unpaired) electrons. The molecule has 12 nitrogen and oxygen atoms in total. The minimum Gasteiger partial charge on any atom is -0.780 e. The van der Waals surface area contributed by atoms with Gasteiger partial charge in [-0.05, 0) is 127 Å². The normalized spacial score (nSPS) is 12.7. The number of rotatable bonds is 48. The fourth-order valence-electron chi connectivity index (χ4n) is 11.1. The van der Waals surface area contributed by atoms with Crippen molar-refractivity contribution in [3.05, 3.63) is 88.0 Å². The summed E-state index contributed by atoms with van der Waals surface area (Å²) in [6.07, 6.45) is 45.2. The van der Waals surface area contributed by atoms with Crippen LogP contribution in [0.1, 0.15) is 308 Å². The zero-order valence-corrected chi connectivity index (χ0v) is 60.6. The van der Waals surface area contributed by atoms with Gasteiger partial charge in [0.15, 0.2) is 0 Å². The van der Waals surface area contributed by atoms with Crippen LogP contribution < -0.4 is 42.9 Å². The second kappa shape index (κ2) is 51.5. The average Bonchev–Trinajstić information content (AvgIpc) is 3.49. The molecule has 0 saturated carbocycles. The second-order valence-electron chi connectivity index (χ2n) is 23.9. The van der Waals surface area contributed by atoms with E-state index in [1.807, 2.05) is 18.2 Å². The Kier molecular flexibility index (Phi) is 50.8. The Balaban J connectivity index is 0.00000124. The summed E-state index contributed by atoms with van der Waals surface area (Å²) in [4.78, 5) is 66.8. The molecule has 0 N–H and O–H groups in total. The largest absolute Gasteiger partial charge is 3.00 e. The van der Waals surface area contributed by atoms with Crippen molar-refractivity contribution in [1.82, 2.24) is 0 Å². The van der Waals surface area contributed by atoms with Gasteiger partial charge in [-0.25, -0.2) is 0 Å². The van der Waals surface area contributed by atoms with Gasteiger partial charge >= 0.3 is 40.8 Å². The van der Waals surface area contributed by atoms with Crippen LogP contribution in [0.2, 0.25) is 0 Å². The van der Waals surface area contributed by atoms with Crippen molar-refractivity contribution < 1.29 is 97.5 Å². The predicted octanol–water partition coefficient (Wildman–Crippen LogP) is 17.8. The van der Waals surface area contributed by atoms with Gasteiger partial charge in [-0.2, -0.15) is 0 Å². The molecule has 0 amide bonds. The van der Waals surface area contributed by atoms with Crippen molar-refractivity contribution in [2.24, 2.45) is 17.8 Å². The van der Waals surface area contributed by atoms with Gasteiger partial charge in [0.2, 0.25) is 0 Å². The zero-order chi connectivity index (χ0) is 62.5. The van der Waals surface area contributed by atoms with E-state index in [1.165, 1.54) is 132 Å². The molecule has 0 aromatic heterocycles. The molecule has 0 bridgehead atoms. The maximum Gasteiger partial charge on any atom is 3.00 e. The van der Waals surface area contributed by atoms with Gasteiger partial charge in [0.05, 0.1) is 0 Å². The third-order valence-corrected chi connectivity index (χ3v) is 17.6. The number of hydrogen-bond donors (Lipinski definition) is 0. The summed E-state index contributed by atoms with van der Waals surface area (Å²) in [6, 6.07) is 16.9. The third-order valence-electron chi connectivity index (χ3n) is 16.4. The molecule has 3 aromatic carbocycles.